The molecule has 1 heterocycles. The molecule has 0 saturated heterocycles. The monoisotopic (exact) mass is 408 g/mol. The van der Waals surface area contributed by atoms with Gasteiger partial charge in [-0.3, -0.25) is 14.4 Å². The Morgan fingerprint density at radius 1 is 1.00 bits per heavy atom. The van der Waals surface area contributed by atoms with Gasteiger partial charge in [-0.05, 0) is 64.4 Å². The molecule has 2 aromatic rings. The van der Waals surface area contributed by atoms with Crippen molar-refractivity contribution < 1.29 is 23.9 Å². The first kappa shape index (κ1) is 21.2. The Hall–Kier alpha value is -3.48. The van der Waals surface area contributed by atoms with Crippen LogP contribution in [-0.2, 0) is 9.53 Å². The summed E-state index contributed by atoms with van der Waals surface area (Å²) >= 11 is 0. The van der Waals surface area contributed by atoms with E-state index >= 15 is 0 Å². The molecule has 0 unspecified atom stereocenters. The van der Waals surface area contributed by atoms with E-state index in [2.05, 4.69) is 5.32 Å². The lowest BCUT2D eigenvalue weighted by Crippen LogP contribution is -2.46. The van der Waals surface area contributed by atoms with E-state index in [4.69, 9.17) is 4.74 Å². The van der Waals surface area contributed by atoms with Gasteiger partial charge < -0.3 is 10.1 Å². The summed E-state index contributed by atoms with van der Waals surface area (Å²) in [6, 6.07) is 11.3. The van der Waals surface area contributed by atoms with E-state index in [-0.39, 0.29) is 16.7 Å². The zero-order valence-corrected chi connectivity index (χ0v) is 17.6. The molecular weight excluding hydrogens is 384 g/mol. The highest BCUT2D eigenvalue weighted by Gasteiger charge is 2.38. The Balaban J connectivity index is 1.82. The molecule has 7 nitrogen and oxygen atoms in total. The van der Waals surface area contributed by atoms with Crippen molar-refractivity contribution in [1.82, 2.24) is 5.32 Å². The van der Waals surface area contributed by atoms with Crippen LogP contribution in [0.2, 0.25) is 0 Å². The summed E-state index contributed by atoms with van der Waals surface area (Å²) in [5, 5.41) is 2.74. The Labute approximate surface area is 175 Å². The summed E-state index contributed by atoms with van der Waals surface area (Å²) in [4.78, 5) is 51.4. The third-order valence-electron chi connectivity index (χ3n) is 4.63. The van der Waals surface area contributed by atoms with Crippen LogP contribution in [0.4, 0.5) is 5.69 Å². The summed E-state index contributed by atoms with van der Waals surface area (Å²) in [5.74, 6) is -2.11. The number of esters is 1. The van der Waals surface area contributed by atoms with Crippen LogP contribution in [0, 0.1) is 6.92 Å². The second-order valence-electron chi connectivity index (χ2n) is 8.28. The van der Waals surface area contributed by atoms with Crippen molar-refractivity contribution in [3.05, 3.63) is 64.7 Å². The van der Waals surface area contributed by atoms with Gasteiger partial charge in [0.1, 0.15) is 0 Å². The number of para-hydroxylation sites is 1. The molecule has 1 N–H and O–H groups in total. The predicted octanol–water partition coefficient (Wildman–Crippen LogP) is 3.26. The van der Waals surface area contributed by atoms with Gasteiger partial charge >= 0.3 is 5.97 Å². The maximum absolute atomic E-state index is 12.9. The van der Waals surface area contributed by atoms with Crippen LogP contribution in [0.25, 0.3) is 0 Å². The van der Waals surface area contributed by atoms with E-state index in [0.717, 1.165) is 10.5 Å². The van der Waals surface area contributed by atoms with E-state index in [1.807, 2.05) is 39.8 Å². The lowest BCUT2D eigenvalue weighted by atomic mass is 10.1. The quantitative estimate of drug-likeness (QED) is 0.619. The van der Waals surface area contributed by atoms with Crippen molar-refractivity contribution in [2.45, 2.75) is 46.3 Å². The van der Waals surface area contributed by atoms with Gasteiger partial charge in [-0.2, -0.15) is 0 Å². The summed E-state index contributed by atoms with van der Waals surface area (Å²) in [7, 11) is 0. The Morgan fingerprint density at radius 3 is 2.27 bits per heavy atom. The van der Waals surface area contributed by atoms with Crippen LogP contribution >= 0.6 is 0 Å². The molecule has 0 spiro atoms. The number of imide groups is 1. The van der Waals surface area contributed by atoms with Crippen molar-refractivity contribution in [3.63, 3.8) is 0 Å². The van der Waals surface area contributed by atoms with Crippen LogP contribution in [0.1, 0.15) is 64.3 Å². The van der Waals surface area contributed by atoms with Gasteiger partial charge in [-0.15, -0.1) is 0 Å². The van der Waals surface area contributed by atoms with Crippen LogP contribution < -0.4 is 10.2 Å². The van der Waals surface area contributed by atoms with Crippen molar-refractivity contribution in [1.29, 1.82) is 0 Å². The van der Waals surface area contributed by atoms with E-state index in [9.17, 15) is 19.2 Å². The van der Waals surface area contributed by atoms with Gasteiger partial charge in [-0.1, -0.05) is 18.2 Å². The third-order valence-corrected chi connectivity index (χ3v) is 4.63. The molecule has 156 valence electrons. The molecule has 2 aromatic carbocycles. The van der Waals surface area contributed by atoms with Gasteiger partial charge in [0.05, 0.1) is 22.4 Å². The van der Waals surface area contributed by atoms with Crippen LogP contribution in [0.15, 0.2) is 42.5 Å². The minimum Gasteiger partial charge on any atom is -0.449 e. The minimum absolute atomic E-state index is 0.0944. The smallest absolute Gasteiger partial charge is 0.338 e. The van der Waals surface area contributed by atoms with Crippen molar-refractivity contribution in [2.75, 3.05) is 4.90 Å². The lowest BCUT2D eigenvalue weighted by molar-refractivity contribution is -0.130. The summed E-state index contributed by atoms with van der Waals surface area (Å²) < 4.78 is 5.24. The number of anilines is 1. The molecule has 0 saturated carbocycles. The summed E-state index contributed by atoms with van der Waals surface area (Å²) in [6.45, 7) is 8.75. The number of benzene rings is 2. The molecule has 0 bridgehead atoms. The van der Waals surface area contributed by atoms with Gasteiger partial charge in [0.15, 0.2) is 6.10 Å². The second-order valence-corrected chi connectivity index (χ2v) is 8.28. The molecule has 3 amide bonds. The second kappa shape index (κ2) is 7.74. The van der Waals surface area contributed by atoms with Crippen molar-refractivity contribution in [3.8, 4) is 0 Å². The predicted molar refractivity (Wildman–Crippen MR) is 112 cm³/mol. The van der Waals surface area contributed by atoms with E-state index in [1.54, 1.807) is 12.1 Å². The van der Waals surface area contributed by atoms with E-state index in [1.165, 1.54) is 25.1 Å². The van der Waals surface area contributed by atoms with Gasteiger partial charge in [0.25, 0.3) is 17.7 Å². The Bertz CT molecular complexity index is 1050. The SMILES string of the molecule is Cc1ccccc1N1C(=O)c2ccc(C(=O)O[C@@H](C)C(=O)NC(C)(C)C)cc2C1=O. The fourth-order valence-corrected chi connectivity index (χ4v) is 3.15. The average Bonchev–Trinajstić information content (AvgIpc) is 2.91. The average molecular weight is 408 g/mol. The number of amides is 3. The molecule has 7 heteroatoms. The topological polar surface area (TPSA) is 92.8 Å². The minimum atomic E-state index is -1.01. The molecule has 0 radical (unpaired) electrons. The van der Waals surface area contributed by atoms with Crippen LogP contribution in [0.3, 0.4) is 0 Å². The number of carbonyl (C=O) groups is 4. The number of hydrogen-bond donors (Lipinski definition) is 1. The number of hydrogen-bond acceptors (Lipinski definition) is 5. The largest absolute Gasteiger partial charge is 0.449 e. The third kappa shape index (κ3) is 4.10. The first-order valence-electron chi connectivity index (χ1n) is 9.61. The number of carbonyl (C=O) groups excluding carboxylic acids is 4. The number of nitrogens with one attached hydrogen (secondary N) is 1. The summed E-state index contributed by atoms with van der Waals surface area (Å²) in [5.41, 5.74) is 1.27. The molecule has 1 aliphatic heterocycles. The normalized spacial score (nSPS) is 14.4. The first-order valence-corrected chi connectivity index (χ1v) is 9.61. The maximum Gasteiger partial charge on any atom is 0.338 e. The van der Waals surface area contributed by atoms with E-state index in [0.29, 0.717) is 5.69 Å². The first-order chi connectivity index (χ1) is 14.0. The molecule has 3 rings (SSSR count). The number of ether oxygens (including phenoxy) is 1. The van der Waals surface area contributed by atoms with E-state index < -0.39 is 35.3 Å². The number of rotatable bonds is 4. The molecular formula is C23H24N2O5. The van der Waals surface area contributed by atoms with Crippen LogP contribution in [-0.4, -0.2) is 35.3 Å². The fraction of sp³-hybridized carbons (Fsp3) is 0.304. The molecule has 0 aliphatic carbocycles. The van der Waals surface area contributed by atoms with Crippen molar-refractivity contribution in [2.24, 2.45) is 0 Å². The molecule has 1 atom stereocenters. The molecule has 1 aliphatic rings. The Morgan fingerprint density at radius 2 is 1.63 bits per heavy atom. The summed E-state index contributed by atoms with van der Waals surface area (Å²) in [6.07, 6.45) is -1.01. The number of aryl methyl sites for hydroxylation is 1. The van der Waals surface area contributed by atoms with Gasteiger partial charge in [0.2, 0.25) is 0 Å². The lowest BCUT2D eigenvalue weighted by Gasteiger charge is -2.23. The Kier molecular flexibility index (Phi) is 5.48. The zero-order chi connectivity index (χ0) is 22.2. The molecule has 30 heavy (non-hydrogen) atoms. The fourth-order valence-electron chi connectivity index (χ4n) is 3.15. The van der Waals surface area contributed by atoms with Gasteiger partial charge in [-0.25, -0.2) is 9.69 Å². The van der Waals surface area contributed by atoms with Gasteiger partial charge in [0, 0.05) is 5.54 Å². The van der Waals surface area contributed by atoms with Crippen molar-refractivity contribution >= 4 is 29.4 Å². The molecule has 0 fully saturated rings. The highest BCUT2D eigenvalue weighted by molar-refractivity contribution is 6.34. The maximum atomic E-state index is 12.9. The molecule has 0 aromatic heterocycles. The zero-order valence-electron chi connectivity index (χ0n) is 17.6. The van der Waals surface area contributed by atoms with Crippen LogP contribution in [0.5, 0.6) is 0 Å². The number of nitrogens with zero attached hydrogens (tertiary/aromatic N) is 1. The standard InChI is InChI=1S/C23H24N2O5/c1-13-8-6-7-9-18(13)25-20(27)16-11-10-15(12-17(16)21(25)28)22(29)30-14(2)19(26)24-23(3,4)5/h6-12,14H,1-5H3,(H,24,26)/t14-/m0/s1. The highest BCUT2D eigenvalue weighted by atomic mass is 16.5. The highest BCUT2D eigenvalue weighted by Crippen LogP contribution is 2.31. The number of fused-ring (bicyclic) bond motifs is 1.